The summed E-state index contributed by atoms with van der Waals surface area (Å²) in [5, 5.41) is 13.6. The fraction of sp³-hybridized carbons (Fsp3) is 0.0189. The summed E-state index contributed by atoms with van der Waals surface area (Å²) in [5.74, 6) is 1.50. The van der Waals surface area contributed by atoms with Crippen molar-refractivity contribution in [3.05, 3.63) is 211 Å². The van der Waals surface area contributed by atoms with E-state index in [0.29, 0.717) is 5.84 Å². The molecule has 0 radical (unpaired) electrons. The number of hydrogen-bond acceptors (Lipinski definition) is 4. The molecule has 0 amide bonds. The fourth-order valence-corrected chi connectivity index (χ4v) is 10.1. The molecule has 9 aromatic carbocycles. The highest BCUT2D eigenvalue weighted by atomic mass is 32.1. The quantitative estimate of drug-likeness (QED) is 0.187. The molecule has 5 heteroatoms. The average molecular weight is 759 g/mol. The highest BCUT2D eigenvalue weighted by molar-refractivity contribution is 7.26. The minimum atomic E-state index is -0.369. The molecule has 0 bridgehead atoms. The van der Waals surface area contributed by atoms with Crippen LogP contribution in [0.25, 0.3) is 80.3 Å². The molecule has 0 fully saturated rings. The van der Waals surface area contributed by atoms with E-state index in [2.05, 4.69) is 204 Å². The van der Waals surface area contributed by atoms with Crippen molar-refractivity contribution in [2.24, 2.45) is 9.98 Å². The number of fused-ring (bicyclic) bond motifs is 8. The van der Waals surface area contributed by atoms with Gasteiger partial charge in [-0.3, -0.25) is 0 Å². The van der Waals surface area contributed by atoms with Gasteiger partial charge in [0.05, 0.1) is 16.7 Å². The maximum absolute atomic E-state index is 5.43. The van der Waals surface area contributed by atoms with Crippen LogP contribution in [0.1, 0.15) is 22.9 Å². The van der Waals surface area contributed by atoms with Crippen LogP contribution in [0.15, 0.2) is 204 Å². The molecule has 3 heterocycles. The van der Waals surface area contributed by atoms with Crippen LogP contribution in [0.3, 0.4) is 0 Å². The van der Waals surface area contributed by atoms with E-state index >= 15 is 0 Å². The Bertz CT molecular complexity index is 3490. The zero-order chi connectivity index (χ0) is 38.2. The van der Waals surface area contributed by atoms with Gasteiger partial charge in [0.2, 0.25) is 0 Å². The molecule has 0 saturated carbocycles. The Morgan fingerprint density at radius 2 is 1.16 bits per heavy atom. The third kappa shape index (κ3) is 5.28. The van der Waals surface area contributed by atoms with Crippen molar-refractivity contribution in [3.8, 4) is 16.8 Å². The summed E-state index contributed by atoms with van der Waals surface area (Å²) in [6.07, 6.45) is -0.369. The number of thiophene rings is 1. The van der Waals surface area contributed by atoms with Gasteiger partial charge in [0, 0.05) is 42.1 Å². The first-order valence-electron chi connectivity index (χ1n) is 19.7. The van der Waals surface area contributed by atoms with Crippen LogP contribution in [0.4, 0.5) is 0 Å². The van der Waals surface area contributed by atoms with Gasteiger partial charge in [0.1, 0.15) is 12.0 Å². The van der Waals surface area contributed by atoms with E-state index in [1.54, 1.807) is 0 Å². The zero-order valence-corrected chi connectivity index (χ0v) is 32.1. The Kier molecular flexibility index (Phi) is 7.43. The smallest absolute Gasteiger partial charge is 0.160 e. The molecule has 11 aromatic rings. The molecule has 1 aliphatic heterocycles. The maximum Gasteiger partial charge on any atom is 0.160 e. The average Bonchev–Trinajstić information content (AvgIpc) is 3.83. The van der Waals surface area contributed by atoms with Gasteiger partial charge in [-0.25, -0.2) is 9.98 Å². The summed E-state index contributed by atoms with van der Waals surface area (Å²) in [6.45, 7) is 0. The summed E-state index contributed by atoms with van der Waals surface area (Å²) in [6, 6.07) is 69.8. The molecule has 0 aliphatic carbocycles. The molecule has 12 rings (SSSR count). The van der Waals surface area contributed by atoms with Gasteiger partial charge in [-0.15, -0.1) is 11.3 Å². The second kappa shape index (κ2) is 13.1. The molecule has 2 aromatic heterocycles. The van der Waals surface area contributed by atoms with E-state index in [4.69, 9.17) is 9.98 Å². The van der Waals surface area contributed by atoms with Crippen molar-refractivity contribution in [2.45, 2.75) is 6.17 Å². The Balaban J connectivity index is 1.12. The lowest BCUT2D eigenvalue weighted by molar-refractivity contribution is 0.674. The van der Waals surface area contributed by atoms with Gasteiger partial charge in [0.15, 0.2) is 5.84 Å². The second-order valence-corrected chi connectivity index (χ2v) is 16.1. The van der Waals surface area contributed by atoms with E-state index in [1.165, 1.54) is 58.3 Å². The number of hydrogen-bond donors (Lipinski definition) is 1. The molecule has 1 aliphatic rings. The number of nitrogens with zero attached hydrogens (tertiary/aromatic N) is 3. The van der Waals surface area contributed by atoms with Gasteiger partial charge in [-0.1, -0.05) is 152 Å². The topological polar surface area (TPSA) is 41.7 Å². The molecule has 0 saturated heterocycles. The normalized spacial score (nSPS) is 14.4. The van der Waals surface area contributed by atoms with Crippen LogP contribution in [0.5, 0.6) is 0 Å². The van der Waals surface area contributed by atoms with Gasteiger partial charge >= 0.3 is 0 Å². The van der Waals surface area contributed by atoms with E-state index < -0.39 is 0 Å². The van der Waals surface area contributed by atoms with Gasteiger partial charge in [-0.2, -0.15) is 0 Å². The molecule has 1 atom stereocenters. The first kappa shape index (κ1) is 32.9. The minimum Gasteiger partial charge on any atom is -0.344 e. The molecule has 0 spiro atoms. The van der Waals surface area contributed by atoms with Crippen LogP contribution in [0.2, 0.25) is 0 Å². The number of rotatable bonds is 5. The maximum atomic E-state index is 5.43. The van der Waals surface area contributed by atoms with E-state index in [9.17, 15) is 0 Å². The van der Waals surface area contributed by atoms with Gasteiger partial charge in [-0.05, 0) is 80.7 Å². The number of benzene rings is 9. The largest absolute Gasteiger partial charge is 0.344 e. The van der Waals surface area contributed by atoms with Gasteiger partial charge in [0.25, 0.3) is 0 Å². The Morgan fingerprint density at radius 3 is 2.03 bits per heavy atom. The number of para-hydroxylation sites is 1. The molecule has 272 valence electrons. The number of aliphatic imine (C=N–C) groups is 2. The first-order chi connectivity index (χ1) is 28.7. The van der Waals surface area contributed by atoms with Crippen molar-refractivity contribution >= 4 is 86.5 Å². The standard InChI is InChI=1S/C53H34N4S/c1-2-14-33(15-3-1)35-20-12-21-38(28-35)51-54-52(56-53(55-51)42-25-13-19-34-16-6-7-22-40(34)42)39-31-47(50-43-24-9-11-27-48(43)58-49(50)32-39)57-45-26-10-8-23-41(45)44-29-36-17-4-5-18-37(36)30-46(44)57/h1-32,51H,(H,54,55,56). The fourth-order valence-electron chi connectivity index (χ4n) is 8.89. The number of amidine groups is 2. The van der Waals surface area contributed by atoms with Crippen molar-refractivity contribution in [1.82, 2.24) is 9.88 Å². The molecular formula is C53H34N4S. The van der Waals surface area contributed by atoms with Crippen molar-refractivity contribution in [2.75, 3.05) is 0 Å². The van der Waals surface area contributed by atoms with Crippen LogP contribution < -0.4 is 5.32 Å². The predicted molar refractivity (Wildman–Crippen MR) is 246 cm³/mol. The van der Waals surface area contributed by atoms with E-state index in [-0.39, 0.29) is 6.17 Å². The van der Waals surface area contributed by atoms with Crippen molar-refractivity contribution in [3.63, 3.8) is 0 Å². The second-order valence-electron chi connectivity index (χ2n) is 15.0. The van der Waals surface area contributed by atoms with Gasteiger partial charge < -0.3 is 9.88 Å². The lowest BCUT2D eigenvalue weighted by Gasteiger charge is -2.25. The van der Waals surface area contributed by atoms with E-state index in [0.717, 1.165) is 44.5 Å². The molecule has 58 heavy (non-hydrogen) atoms. The minimum absolute atomic E-state index is 0.369. The molecule has 4 nitrogen and oxygen atoms in total. The molecular weight excluding hydrogens is 725 g/mol. The highest BCUT2D eigenvalue weighted by Crippen LogP contribution is 2.43. The number of nitrogens with one attached hydrogen (secondary N) is 1. The molecule has 1 unspecified atom stereocenters. The van der Waals surface area contributed by atoms with Crippen LogP contribution >= 0.6 is 11.3 Å². The van der Waals surface area contributed by atoms with Crippen molar-refractivity contribution < 1.29 is 0 Å². The van der Waals surface area contributed by atoms with Crippen LogP contribution in [-0.2, 0) is 0 Å². The summed E-state index contributed by atoms with van der Waals surface area (Å²) in [5.41, 5.74) is 8.91. The summed E-state index contributed by atoms with van der Waals surface area (Å²) >= 11 is 1.83. The first-order valence-corrected chi connectivity index (χ1v) is 20.5. The van der Waals surface area contributed by atoms with E-state index in [1.807, 2.05) is 11.3 Å². The third-order valence-electron chi connectivity index (χ3n) is 11.6. The lowest BCUT2D eigenvalue weighted by Crippen LogP contribution is -2.33. The Morgan fingerprint density at radius 1 is 0.466 bits per heavy atom. The van der Waals surface area contributed by atoms with Crippen LogP contribution in [0, 0.1) is 0 Å². The lowest BCUT2D eigenvalue weighted by atomic mass is 10.0. The monoisotopic (exact) mass is 758 g/mol. The summed E-state index contributed by atoms with van der Waals surface area (Å²) in [7, 11) is 0. The number of aromatic nitrogens is 1. The highest BCUT2D eigenvalue weighted by Gasteiger charge is 2.25. The summed E-state index contributed by atoms with van der Waals surface area (Å²) < 4.78 is 4.95. The Labute approximate surface area is 338 Å². The third-order valence-corrected chi connectivity index (χ3v) is 12.7. The predicted octanol–water partition coefficient (Wildman–Crippen LogP) is 13.6. The molecule has 1 N–H and O–H groups in total. The Hall–Kier alpha value is -7.34. The van der Waals surface area contributed by atoms with Crippen LogP contribution in [-0.4, -0.2) is 16.2 Å². The SMILES string of the molecule is c1ccc(-c2cccc(C3N=C(c4cccc5ccccc45)N=C(c4cc(-n5c6ccccc6c6cc7ccccc7cc65)c5c(c4)sc4ccccc45)N3)c2)cc1. The zero-order valence-electron chi connectivity index (χ0n) is 31.3. The van der Waals surface area contributed by atoms with Crippen molar-refractivity contribution in [1.29, 1.82) is 0 Å². The summed E-state index contributed by atoms with van der Waals surface area (Å²) in [4.78, 5) is 10.8.